The molecule has 1 heterocycles. The molecule has 0 saturated carbocycles. The van der Waals surface area contributed by atoms with Gasteiger partial charge in [-0.15, -0.1) is 0 Å². The summed E-state index contributed by atoms with van der Waals surface area (Å²) in [4.78, 5) is 2.58. The highest BCUT2D eigenvalue weighted by Crippen LogP contribution is 2.58. The molecule has 8 aromatic rings. The zero-order valence-corrected chi connectivity index (χ0v) is 31.7. The van der Waals surface area contributed by atoms with Gasteiger partial charge in [-0.2, -0.15) is 0 Å². The zero-order chi connectivity index (χ0) is 37.8. The highest BCUT2D eigenvalue weighted by Gasteiger charge is 2.48. The molecule has 1 unspecified atom stereocenters. The van der Waals surface area contributed by atoms with Crippen LogP contribution < -0.4 is 4.90 Å². The van der Waals surface area contributed by atoms with E-state index >= 15 is 0 Å². The molecule has 57 heavy (non-hydrogen) atoms. The van der Waals surface area contributed by atoms with Crippen molar-refractivity contribution in [3.8, 4) is 22.3 Å². The molecule has 0 bridgehead atoms. The first-order valence-electron chi connectivity index (χ1n) is 20.2. The molecule has 7 aromatic carbocycles. The first-order valence-corrected chi connectivity index (χ1v) is 20.2. The van der Waals surface area contributed by atoms with Crippen molar-refractivity contribution in [3.63, 3.8) is 0 Å². The molecule has 3 aliphatic carbocycles. The molecule has 0 N–H and O–H groups in total. The van der Waals surface area contributed by atoms with Crippen LogP contribution >= 0.6 is 0 Å². The lowest BCUT2D eigenvalue weighted by atomic mass is 9.65. The number of allylic oxidation sites excluding steroid dienone is 6. The first kappa shape index (κ1) is 33.4. The van der Waals surface area contributed by atoms with Crippen LogP contribution in [0.4, 0.5) is 5.69 Å². The van der Waals surface area contributed by atoms with Crippen molar-refractivity contribution in [3.05, 3.63) is 240 Å². The van der Waals surface area contributed by atoms with Crippen LogP contribution in [0.3, 0.4) is 0 Å². The van der Waals surface area contributed by atoms with E-state index in [1.807, 2.05) is 0 Å². The van der Waals surface area contributed by atoms with Crippen LogP contribution in [-0.2, 0) is 5.41 Å². The van der Waals surface area contributed by atoms with Crippen LogP contribution in [0.1, 0.15) is 41.5 Å². The second kappa shape index (κ2) is 13.7. The quantitative estimate of drug-likeness (QED) is 0.162. The lowest BCUT2D eigenvalue weighted by molar-refractivity contribution is 0.643. The number of para-hydroxylation sites is 2. The van der Waals surface area contributed by atoms with Crippen LogP contribution in [0, 0.1) is 0 Å². The third-order valence-electron chi connectivity index (χ3n) is 12.4. The maximum Gasteiger partial charge on any atom is 0.140 e. The largest absolute Gasteiger partial charge is 0.456 e. The van der Waals surface area contributed by atoms with Crippen molar-refractivity contribution < 1.29 is 4.42 Å². The second-order valence-electron chi connectivity index (χ2n) is 15.4. The predicted molar refractivity (Wildman–Crippen MR) is 237 cm³/mol. The van der Waals surface area contributed by atoms with Gasteiger partial charge in [-0.05, 0) is 93.6 Å². The summed E-state index contributed by atoms with van der Waals surface area (Å²) in [6.07, 6.45) is 14.9. The third-order valence-corrected chi connectivity index (χ3v) is 12.4. The van der Waals surface area contributed by atoms with E-state index < -0.39 is 5.41 Å². The fraction of sp³-hybridized carbons (Fsp3) is 0.0909. The van der Waals surface area contributed by atoms with E-state index in [2.05, 4.69) is 211 Å². The monoisotopic (exact) mass is 731 g/mol. The van der Waals surface area contributed by atoms with Crippen LogP contribution in [0.5, 0.6) is 0 Å². The summed E-state index contributed by atoms with van der Waals surface area (Å²) in [6.45, 7) is 0. The minimum Gasteiger partial charge on any atom is -0.456 e. The highest BCUT2D eigenvalue weighted by atomic mass is 16.3. The van der Waals surface area contributed by atoms with E-state index in [9.17, 15) is 0 Å². The molecular formula is C55H41NO. The Bertz CT molecular complexity index is 2880. The van der Waals surface area contributed by atoms with Gasteiger partial charge in [0, 0.05) is 27.7 Å². The van der Waals surface area contributed by atoms with Gasteiger partial charge in [-0.25, -0.2) is 0 Å². The summed E-state index contributed by atoms with van der Waals surface area (Å²) in [5.74, 6) is 0. The fourth-order valence-electron chi connectivity index (χ4n) is 9.85. The molecule has 0 amide bonds. The average Bonchev–Trinajstić information content (AvgIpc) is 3.82. The van der Waals surface area contributed by atoms with Gasteiger partial charge in [-0.3, -0.25) is 0 Å². The molecule has 0 saturated heterocycles. The van der Waals surface area contributed by atoms with Crippen molar-refractivity contribution in [1.29, 1.82) is 0 Å². The maximum absolute atomic E-state index is 6.85. The molecule has 2 nitrogen and oxygen atoms in total. The zero-order valence-electron chi connectivity index (χ0n) is 31.7. The van der Waals surface area contributed by atoms with Crippen LogP contribution in [0.2, 0.25) is 0 Å². The molecule has 0 radical (unpaired) electrons. The Balaban J connectivity index is 1.05. The van der Waals surface area contributed by atoms with Crippen LogP contribution in [-0.4, -0.2) is 6.04 Å². The Labute approximate surface area is 334 Å². The number of fused-ring (bicyclic) bond motifs is 6. The summed E-state index contributed by atoms with van der Waals surface area (Å²) in [5, 5.41) is 2.30. The molecule has 1 atom stereocenters. The lowest BCUT2D eigenvalue weighted by Crippen LogP contribution is -2.36. The van der Waals surface area contributed by atoms with Crippen molar-refractivity contribution in [1.82, 2.24) is 0 Å². The lowest BCUT2D eigenvalue weighted by Gasteiger charge is -2.39. The molecule has 2 heteroatoms. The Morgan fingerprint density at radius 2 is 1.12 bits per heavy atom. The summed E-state index contributed by atoms with van der Waals surface area (Å²) >= 11 is 0. The van der Waals surface area contributed by atoms with Gasteiger partial charge in [0.15, 0.2) is 0 Å². The second-order valence-corrected chi connectivity index (χ2v) is 15.4. The third kappa shape index (κ3) is 5.39. The Kier molecular flexibility index (Phi) is 8.03. The molecule has 0 fully saturated rings. The molecular weight excluding hydrogens is 691 g/mol. The number of furan rings is 1. The van der Waals surface area contributed by atoms with Crippen LogP contribution in [0.15, 0.2) is 222 Å². The summed E-state index contributed by atoms with van der Waals surface area (Å²) in [6, 6.07) is 63.9. The molecule has 0 aliphatic heterocycles. The molecule has 272 valence electrons. The summed E-state index contributed by atoms with van der Waals surface area (Å²) < 4.78 is 6.85. The van der Waals surface area contributed by atoms with Gasteiger partial charge in [0.2, 0.25) is 0 Å². The number of hydrogen-bond acceptors (Lipinski definition) is 2. The van der Waals surface area contributed by atoms with E-state index in [0.717, 1.165) is 41.2 Å². The highest BCUT2D eigenvalue weighted by molar-refractivity contribution is 6.07. The van der Waals surface area contributed by atoms with E-state index in [0.29, 0.717) is 0 Å². The standard InChI is InChI=1S/C55H41NO/c1-3-14-38(15-4-1)40-26-32-43(33-27-40)56(44-34-28-41(29-35-44)39-16-5-2-6-17-39)45-36-30-42(31-37-45)55(50-22-10-7-18-46(50)47-19-8-11-23-51(47)55)52-24-13-21-49-48-20-9-12-25-53(48)57-54(49)52/h1-28,30-34,36,45H,29,35,37H2. The molecule has 0 spiro atoms. The van der Waals surface area contributed by atoms with Crippen molar-refractivity contribution in [2.45, 2.75) is 30.7 Å². The number of hydrogen-bond donors (Lipinski definition) is 0. The maximum atomic E-state index is 6.85. The molecule has 3 aliphatic rings. The topological polar surface area (TPSA) is 16.4 Å². The summed E-state index contributed by atoms with van der Waals surface area (Å²) in [7, 11) is 0. The van der Waals surface area contributed by atoms with Crippen LogP contribution in [0.25, 0.3) is 49.8 Å². The molecule has 1 aromatic heterocycles. The normalized spacial score (nSPS) is 16.8. The Morgan fingerprint density at radius 3 is 1.81 bits per heavy atom. The van der Waals surface area contributed by atoms with Gasteiger partial charge in [0.05, 0.1) is 11.5 Å². The predicted octanol–water partition coefficient (Wildman–Crippen LogP) is 14.1. The summed E-state index contributed by atoms with van der Waals surface area (Å²) in [5.41, 5.74) is 16.7. The number of anilines is 1. The smallest absolute Gasteiger partial charge is 0.140 e. The Morgan fingerprint density at radius 1 is 0.509 bits per heavy atom. The van der Waals surface area contributed by atoms with E-state index in [1.165, 1.54) is 67.0 Å². The first-order chi connectivity index (χ1) is 28.3. The Hall–Kier alpha value is -6.90. The van der Waals surface area contributed by atoms with Crippen molar-refractivity contribution in [2.24, 2.45) is 0 Å². The minimum atomic E-state index is -0.554. The SMILES string of the molecule is C1=CC(N(C2=CC=C(c3ccccc3)CC2)c2ccc(-c3ccccc3)cc2)CC=C1C1(c2cccc3c2oc2ccccc23)c2ccccc2-c2ccccc21. The fourth-order valence-corrected chi connectivity index (χ4v) is 9.85. The van der Waals surface area contributed by atoms with Crippen molar-refractivity contribution >= 4 is 33.2 Å². The molecule has 11 rings (SSSR count). The number of rotatable bonds is 7. The van der Waals surface area contributed by atoms with Crippen molar-refractivity contribution in [2.75, 3.05) is 4.90 Å². The van der Waals surface area contributed by atoms with E-state index in [1.54, 1.807) is 0 Å². The van der Waals surface area contributed by atoms with Gasteiger partial charge in [0.25, 0.3) is 0 Å². The minimum absolute atomic E-state index is 0.139. The van der Waals surface area contributed by atoms with Gasteiger partial charge < -0.3 is 9.32 Å². The average molecular weight is 732 g/mol. The van der Waals surface area contributed by atoms with Gasteiger partial charge in [0.1, 0.15) is 11.2 Å². The van der Waals surface area contributed by atoms with Gasteiger partial charge in [-0.1, -0.05) is 182 Å². The van der Waals surface area contributed by atoms with E-state index in [4.69, 9.17) is 4.42 Å². The van der Waals surface area contributed by atoms with Gasteiger partial charge >= 0.3 is 0 Å². The van der Waals surface area contributed by atoms with E-state index in [-0.39, 0.29) is 6.04 Å². The number of benzene rings is 7. The number of nitrogens with zero attached hydrogens (tertiary/aromatic N) is 1.